The summed E-state index contributed by atoms with van der Waals surface area (Å²) < 4.78 is 38.3. The van der Waals surface area contributed by atoms with E-state index in [1.54, 1.807) is 11.8 Å². The second kappa shape index (κ2) is 7.74. The van der Waals surface area contributed by atoms with Crippen molar-refractivity contribution in [3.63, 3.8) is 0 Å². The summed E-state index contributed by atoms with van der Waals surface area (Å²) in [7, 11) is 0. The van der Waals surface area contributed by atoms with Gasteiger partial charge in [0.2, 0.25) is 5.91 Å². The Morgan fingerprint density at radius 1 is 1.15 bits per heavy atom. The number of fused-ring (bicyclic) bond motifs is 1. The third-order valence-corrected chi connectivity index (χ3v) is 5.27. The van der Waals surface area contributed by atoms with Gasteiger partial charge in [-0.2, -0.15) is 24.9 Å². The Balaban J connectivity index is 1.83. The van der Waals surface area contributed by atoms with Gasteiger partial charge in [0.25, 0.3) is 0 Å². The van der Waals surface area contributed by atoms with Crippen molar-refractivity contribution in [1.29, 1.82) is 0 Å². The van der Waals surface area contributed by atoms with Crippen LogP contribution in [0.2, 0.25) is 0 Å². The van der Waals surface area contributed by atoms with E-state index in [2.05, 4.69) is 0 Å². The molecule has 2 nitrogen and oxygen atoms in total. The maximum absolute atomic E-state index is 12.8. The first kappa shape index (κ1) is 18.8. The van der Waals surface area contributed by atoms with Crippen LogP contribution in [0.5, 0.6) is 0 Å². The number of amides is 1. The van der Waals surface area contributed by atoms with Gasteiger partial charge in [-0.1, -0.05) is 30.3 Å². The Bertz CT molecular complexity index is 787. The molecule has 0 bridgehead atoms. The average molecular weight is 379 g/mol. The van der Waals surface area contributed by atoms with E-state index >= 15 is 0 Å². The number of carbonyl (C=O) groups is 1. The number of hydrogen-bond acceptors (Lipinski definition) is 2. The molecule has 2 aromatic carbocycles. The van der Waals surface area contributed by atoms with Crippen LogP contribution in [-0.4, -0.2) is 29.4 Å². The van der Waals surface area contributed by atoms with E-state index in [9.17, 15) is 18.0 Å². The Labute approximate surface area is 155 Å². The first-order valence-electron chi connectivity index (χ1n) is 8.45. The van der Waals surface area contributed by atoms with Gasteiger partial charge in [-0.05, 0) is 47.1 Å². The van der Waals surface area contributed by atoms with Crippen LogP contribution in [0.25, 0.3) is 11.1 Å². The summed E-state index contributed by atoms with van der Waals surface area (Å²) in [5, 5.41) is 0. The van der Waals surface area contributed by atoms with E-state index < -0.39 is 11.7 Å². The predicted molar refractivity (Wildman–Crippen MR) is 99.0 cm³/mol. The molecule has 0 atom stereocenters. The van der Waals surface area contributed by atoms with Crippen LogP contribution in [0.1, 0.15) is 23.1 Å². The molecule has 2 aromatic rings. The molecule has 26 heavy (non-hydrogen) atoms. The summed E-state index contributed by atoms with van der Waals surface area (Å²) in [6, 6.07) is 11.1. The van der Waals surface area contributed by atoms with Gasteiger partial charge in [0.1, 0.15) is 0 Å². The molecule has 6 heteroatoms. The minimum absolute atomic E-state index is 0.157. The Hall–Kier alpha value is -1.95. The van der Waals surface area contributed by atoms with Crippen LogP contribution >= 0.6 is 11.8 Å². The van der Waals surface area contributed by atoms with Crippen LogP contribution in [0.3, 0.4) is 0 Å². The molecule has 1 amide bonds. The van der Waals surface area contributed by atoms with Crippen molar-refractivity contribution >= 4 is 17.7 Å². The van der Waals surface area contributed by atoms with E-state index in [1.165, 1.54) is 12.1 Å². The second-order valence-electron chi connectivity index (χ2n) is 6.33. The molecule has 0 N–H and O–H groups in total. The quantitative estimate of drug-likeness (QED) is 0.744. The Morgan fingerprint density at radius 2 is 1.88 bits per heavy atom. The molecule has 0 radical (unpaired) electrons. The van der Waals surface area contributed by atoms with Gasteiger partial charge in [0, 0.05) is 25.3 Å². The fraction of sp³-hybridized carbons (Fsp3) is 0.350. The summed E-state index contributed by atoms with van der Waals surface area (Å²) in [6.07, 6.45) is -1.09. The zero-order valence-corrected chi connectivity index (χ0v) is 15.3. The number of nitrogens with zero attached hydrogens (tertiary/aromatic N) is 1. The minimum Gasteiger partial charge on any atom is -0.338 e. The maximum Gasteiger partial charge on any atom is 0.416 e. The largest absolute Gasteiger partial charge is 0.416 e. The van der Waals surface area contributed by atoms with Crippen molar-refractivity contribution in [2.45, 2.75) is 25.6 Å². The van der Waals surface area contributed by atoms with Crippen molar-refractivity contribution in [2.75, 3.05) is 18.6 Å². The van der Waals surface area contributed by atoms with Crippen molar-refractivity contribution in [3.8, 4) is 11.1 Å². The van der Waals surface area contributed by atoms with Gasteiger partial charge in [-0.15, -0.1) is 0 Å². The Morgan fingerprint density at radius 3 is 2.54 bits per heavy atom. The van der Waals surface area contributed by atoms with Gasteiger partial charge in [0.05, 0.1) is 5.56 Å². The summed E-state index contributed by atoms with van der Waals surface area (Å²) in [6.45, 7) is 1.22. The van der Waals surface area contributed by atoms with Gasteiger partial charge in [0.15, 0.2) is 0 Å². The van der Waals surface area contributed by atoms with E-state index in [-0.39, 0.29) is 5.91 Å². The number of halogens is 3. The highest BCUT2D eigenvalue weighted by molar-refractivity contribution is 7.98. The molecule has 0 spiro atoms. The summed E-state index contributed by atoms with van der Waals surface area (Å²) >= 11 is 1.65. The summed E-state index contributed by atoms with van der Waals surface area (Å²) in [5.41, 5.74) is 3.29. The molecular formula is C20H20F3NOS. The topological polar surface area (TPSA) is 20.3 Å². The molecule has 0 saturated heterocycles. The standard InChI is InChI=1S/C20H20F3NOS/c1-26-12-10-19(25)24-11-9-18-15(13-24)3-2-4-17(18)14-5-7-16(8-6-14)20(21,22)23/h2-8H,9-13H2,1H3. The molecule has 0 fully saturated rings. The second-order valence-corrected chi connectivity index (χ2v) is 7.31. The first-order valence-corrected chi connectivity index (χ1v) is 9.84. The molecule has 0 aliphatic carbocycles. The number of thioether (sulfide) groups is 1. The van der Waals surface area contributed by atoms with Crippen molar-refractivity contribution in [3.05, 3.63) is 59.2 Å². The Kier molecular flexibility index (Phi) is 5.61. The van der Waals surface area contributed by atoms with Crippen LogP contribution in [0.4, 0.5) is 13.2 Å². The number of hydrogen-bond donors (Lipinski definition) is 0. The lowest BCUT2D eigenvalue weighted by atomic mass is 9.90. The summed E-state index contributed by atoms with van der Waals surface area (Å²) in [5.74, 6) is 0.971. The molecule has 1 aliphatic rings. The van der Waals surface area contributed by atoms with E-state index in [1.807, 2.05) is 29.4 Å². The molecule has 138 valence electrons. The van der Waals surface area contributed by atoms with Gasteiger partial charge < -0.3 is 4.90 Å². The first-order chi connectivity index (χ1) is 12.4. The molecule has 1 heterocycles. The number of alkyl halides is 3. The minimum atomic E-state index is -4.33. The van der Waals surface area contributed by atoms with E-state index in [4.69, 9.17) is 0 Å². The van der Waals surface area contributed by atoms with Gasteiger partial charge in [-0.3, -0.25) is 4.79 Å². The predicted octanol–water partition coefficient (Wildman–Crippen LogP) is 5.01. The highest BCUT2D eigenvalue weighted by Gasteiger charge is 2.30. The molecule has 0 unspecified atom stereocenters. The molecule has 3 rings (SSSR count). The maximum atomic E-state index is 12.8. The van der Waals surface area contributed by atoms with Crippen LogP contribution in [0.15, 0.2) is 42.5 Å². The van der Waals surface area contributed by atoms with Crippen molar-refractivity contribution in [2.24, 2.45) is 0 Å². The molecule has 1 aliphatic heterocycles. The lowest BCUT2D eigenvalue weighted by molar-refractivity contribution is -0.137. The average Bonchev–Trinajstić information content (AvgIpc) is 2.64. The summed E-state index contributed by atoms with van der Waals surface area (Å²) in [4.78, 5) is 14.1. The smallest absolute Gasteiger partial charge is 0.338 e. The van der Waals surface area contributed by atoms with E-state index in [0.29, 0.717) is 19.5 Å². The van der Waals surface area contributed by atoms with Gasteiger partial charge >= 0.3 is 6.18 Å². The molecule has 0 saturated carbocycles. The zero-order chi connectivity index (χ0) is 18.7. The third kappa shape index (κ3) is 4.06. The lowest BCUT2D eigenvalue weighted by Gasteiger charge is -2.30. The van der Waals surface area contributed by atoms with Crippen molar-refractivity contribution < 1.29 is 18.0 Å². The zero-order valence-electron chi connectivity index (χ0n) is 14.5. The lowest BCUT2D eigenvalue weighted by Crippen LogP contribution is -2.36. The van der Waals surface area contributed by atoms with E-state index in [0.717, 1.165) is 46.6 Å². The van der Waals surface area contributed by atoms with Crippen molar-refractivity contribution in [1.82, 2.24) is 4.90 Å². The van der Waals surface area contributed by atoms with Crippen LogP contribution in [0, 0.1) is 0 Å². The van der Waals surface area contributed by atoms with Crippen LogP contribution in [-0.2, 0) is 23.9 Å². The van der Waals surface area contributed by atoms with Crippen LogP contribution < -0.4 is 0 Å². The SMILES string of the molecule is CSCCC(=O)N1CCc2c(cccc2-c2ccc(C(F)(F)F)cc2)C1. The normalized spacial score (nSPS) is 14.2. The number of benzene rings is 2. The number of carbonyl (C=O) groups excluding carboxylic acids is 1. The fourth-order valence-corrected chi connectivity index (χ4v) is 3.66. The van der Waals surface area contributed by atoms with Gasteiger partial charge in [-0.25, -0.2) is 0 Å². The number of rotatable bonds is 4. The molecule has 0 aromatic heterocycles. The highest BCUT2D eigenvalue weighted by atomic mass is 32.2. The molecular weight excluding hydrogens is 359 g/mol. The monoisotopic (exact) mass is 379 g/mol. The third-order valence-electron chi connectivity index (χ3n) is 4.66. The highest BCUT2D eigenvalue weighted by Crippen LogP contribution is 2.34. The fourth-order valence-electron chi connectivity index (χ4n) is 3.28.